The Kier molecular flexibility index (Phi) is 3.48. The molecular formula is C10H3Br2F3N2. The topological polar surface area (TPSA) is 25.8 Å². The van der Waals surface area contributed by atoms with Crippen molar-refractivity contribution in [1.29, 1.82) is 0 Å². The summed E-state index contributed by atoms with van der Waals surface area (Å²) in [6, 6.07) is 3.25. The van der Waals surface area contributed by atoms with E-state index in [1.54, 1.807) is 6.07 Å². The fourth-order valence-corrected chi connectivity index (χ4v) is 2.28. The Hall–Kier alpha value is -0.950. The molecule has 0 radical (unpaired) electrons. The van der Waals surface area contributed by atoms with Crippen molar-refractivity contribution in [3.05, 3.63) is 44.9 Å². The van der Waals surface area contributed by atoms with Crippen LogP contribution in [0.5, 0.6) is 0 Å². The lowest BCUT2D eigenvalue weighted by Gasteiger charge is -2.03. The summed E-state index contributed by atoms with van der Waals surface area (Å²) < 4.78 is 39.7. The molecule has 0 bridgehead atoms. The number of nitrogens with zero attached hydrogens (tertiary/aromatic N) is 2. The van der Waals surface area contributed by atoms with Crippen molar-refractivity contribution < 1.29 is 13.2 Å². The van der Waals surface area contributed by atoms with Crippen LogP contribution in [0.15, 0.2) is 27.4 Å². The Balaban J connectivity index is 2.60. The van der Waals surface area contributed by atoms with Crippen molar-refractivity contribution in [2.24, 2.45) is 0 Å². The van der Waals surface area contributed by atoms with Crippen LogP contribution < -0.4 is 0 Å². The van der Waals surface area contributed by atoms with Gasteiger partial charge in [0.1, 0.15) is 9.21 Å². The summed E-state index contributed by atoms with van der Waals surface area (Å²) in [7, 11) is 0. The fraction of sp³-hybridized carbons (Fsp3) is 0. The highest BCUT2D eigenvalue weighted by Gasteiger charge is 2.13. The molecular weight excluding hydrogens is 365 g/mol. The molecule has 1 heterocycles. The highest BCUT2D eigenvalue weighted by atomic mass is 79.9. The second-order valence-corrected chi connectivity index (χ2v) is 4.72. The zero-order valence-corrected chi connectivity index (χ0v) is 11.2. The smallest absolute Gasteiger partial charge is 0.194 e. The number of benzene rings is 1. The van der Waals surface area contributed by atoms with Crippen LogP contribution in [0.3, 0.4) is 0 Å². The van der Waals surface area contributed by atoms with E-state index in [0.717, 1.165) is 12.1 Å². The molecule has 0 spiro atoms. The van der Waals surface area contributed by atoms with Gasteiger partial charge in [0.25, 0.3) is 0 Å². The first-order valence-corrected chi connectivity index (χ1v) is 5.91. The van der Waals surface area contributed by atoms with E-state index in [2.05, 4.69) is 41.8 Å². The molecule has 2 aromatic rings. The Morgan fingerprint density at radius 2 is 1.29 bits per heavy atom. The first kappa shape index (κ1) is 12.5. The first-order valence-electron chi connectivity index (χ1n) is 4.32. The van der Waals surface area contributed by atoms with Crippen LogP contribution in [0.25, 0.3) is 11.4 Å². The first-order chi connectivity index (χ1) is 7.97. The Bertz CT molecular complexity index is 547. The van der Waals surface area contributed by atoms with E-state index in [1.807, 2.05) is 0 Å². The predicted octanol–water partition coefficient (Wildman–Crippen LogP) is 4.09. The summed E-state index contributed by atoms with van der Waals surface area (Å²) in [6.45, 7) is 0. The van der Waals surface area contributed by atoms with E-state index >= 15 is 0 Å². The van der Waals surface area contributed by atoms with Crippen molar-refractivity contribution in [3.8, 4) is 11.4 Å². The molecule has 0 amide bonds. The molecule has 0 fully saturated rings. The third kappa shape index (κ3) is 2.66. The SMILES string of the molecule is Fc1cc(-c2nc(Br)cc(Br)n2)cc(F)c1F. The van der Waals surface area contributed by atoms with E-state index in [0.29, 0.717) is 9.21 Å². The summed E-state index contributed by atoms with van der Waals surface area (Å²) in [5.41, 5.74) is 0.0587. The predicted molar refractivity (Wildman–Crippen MR) is 62.7 cm³/mol. The van der Waals surface area contributed by atoms with Crippen LogP contribution in [0.2, 0.25) is 0 Å². The lowest BCUT2D eigenvalue weighted by atomic mass is 10.2. The Morgan fingerprint density at radius 3 is 1.76 bits per heavy atom. The molecule has 17 heavy (non-hydrogen) atoms. The molecule has 1 aromatic heterocycles. The number of rotatable bonds is 1. The molecule has 2 rings (SSSR count). The molecule has 0 saturated heterocycles. The molecule has 0 atom stereocenters. The minimum Gasteiger partial charge on any atom is -0.221 e. The molecule has 0 aliphatic carbocycles. The third-order valence-electron chi connectivity index (χ3n) is 1.91. The average Bonchev–Trinajstić information content (AvgIpc) is 2.23. The van der Waals surface area contributed by atoms with Gasteiger partial charge in [0, 0.05) is 11.6 Å². The van der Waals surface area contributed by atoms with Gasteiger partial charge >= 0.3 is 0 Å². The molecule has 7 heteroatoms. The van der Waals surface area contributed by atoms with Gasteiger partial charge in [0.15, 0.2) is 23.3 Å². The summed E-state index contributed by atoms with van der Waals surface area (Å²) >= 11 is 6.24. The minimum atomic E-state index is -1.51. The van der Waals surface area contributed by atoms with Gasteiger partial charge in [-0.15, -0.1) is 0 Å². The van der Waals surface area contributed by atoms with Crippen molar-refractivity contribution >= 4 is 31.9 Å². The Labute approximate surface area is 111 Å². The summed E-state index contributed by atoms with van der Waals surface area (Å²) in [4.78, 5) is 7.87. The van der Waals surface area contributed by atoms with Crippen LogP contribution >= 0.6 is 31.9 Å². The summed E-state index contributed by atoms with van der Waals surface area (Å²) in [6.07, 6.45) is 0. The van der Waals surface area contributed by atoms with Crippen LogP contribution in [0, 0.1) is 17.5 Å². The second-order valence-electron chi connectivity index (χ2n) is 3.09. The maximum Gasteiger partial charge on any atom is 0.194 e. The lowest BCUT2D eigenvalue weighted by Crippen LogP contribution is -1.95. The number of hydrogen-bond acceptors (Lipinski definition) is 2. The van der Waals surface area contributed by atoms with Crippen LogP contribution in [0.1, 0.15) is 0 Å². The van der Waals surface area contributed by atoms with Gasteiger partial charge in [-0.1, -0.05) is 0 Å². The largest absolute Gasteiger partial charge is 0.221 e. The molecule has 88 valence electrons. The van der Waals surface area contributed by atoms with Gasteiger partial charge in [-0.25, -0.2) is 23.1 Å². The van der Waals surface area contributed by atoms with Crippen molar-refractivity contribution in [1.82, 2.24) is 9.97 Å². The quantitative estimate of drug-likeness (QED) is 0.560. The normalized spacial score (nSPS) is 10.6. The van der Waals surface area contributed by atoms with Gasteiger partial charge in [0.2, 0.25) is 0 Å². The number of aromatic nitrogens is 2. The zero-order chi connectivity index (χ0) is 12.6. The lowest BCUT2D eigenvalue weighted by molar-refractivity contribution is 0.447. The van der Waals surface area contributed by atoms with Gasteiger partial charge in [-0.05, 0) is 44.0 Å². The van der Waals surface area contributed by atoms with Gasteiger partial charge in [0.05, 0.1) is 0 Å². The maximum absolute atomic E-state index is 13.0. The molecule has 1 aromatic carbocycles. The van der Waals surface area contributed by atoms with E-state index in [1.165, 1.54) is 0 Å². The molecule has 0 aliphatic heterocycles. The molecule has 0 aliphatic rings. The van der Waals surface area contributed by atoms with E-state index in [4.69, 9.17) is 0 Å². The van der Waals surface area contributed by atoms with E-state index < -0.39 is 17.5 Å². The fourth-order valence-electron chi connectivity index (χ4n) is 1.20. The van der Waals surface area contributed by atoms with Crippen molar-refractivity contribution in [2.45, 2.75) is 0 Å². The highest BCUT2D eigenvalue weighted by molar-refractivity contribution is 9.11. The standard InChI is InChI=1S/C10H3Br2F3N2/c11-7-3-8(12)17-10(16-7)4-1-5(13)9(15)6(14)2-4/h1-3H. The van der Waals surface area contributed by atoms with Gasteiger partial charge in [-0.2, -0.15) is 0 Å². The van der Waals surface area contributed by atoms with Crippen LogP contribution in [0.4, 0.5) is 13.2 Å². The molecule has 0 saturated carbocycles. The molecule has 2 nitrogen and oxygen atoms in total. The maximum atomic E-state index is 13.0. The van der Waals surface area contributed by atoms with Gasteiger partial charge < -0.3 is 0 Å². The zero-order valence-electron chi connectivity index (χ0n) is 8.02. The van der Waals surface area contributed by atoms with Crippen LogP contribution in [-0.2, 0) is 0 Å². The monoisotopic (exact) mass is 366 g/mol. The van der Waals surface area contributed by atoms with Gasteiger partial charge in [-0.3, -0.25) is 0 Å². The van der Waals surface area contributed by atoms with E-state index in [-0.39, 0.29) is 11.4 Å². The number of hydrogen-bond donors (Lipinski definition) is 0. The average molecular weight is 368 g/mol. The molecule has 0 unspecified atom stereocenters. The summed E-state index contributed by atoms with van der Waals surface area (Å²) in [5, 5.41) is 0. The second kappa shape index (κ2) is 4.73. The third-order valence-corrected chi connectivity index (χ3v) is 2.72. The van der Waals surface area contributed by atoms with Crippen molar-refractivity contribution in [3.63, 3.8) is 0 Å². The van der Waals surface area contributed by atoms with E-state index in [9.17, 15) is 13.2 Å². The Morgan fingerprint density at radius 1 is 0.824 bits per heavy atom. The minimum absolute atomic E-state index is 0.0587. The highest BCUT2D eigenvalue weighted by Crippen LogP contribution is 2.24. The number of halogens is 5. The van der Waals surface area contributed by atoms with Crippen LogP contribution in [-0.4, -0.2) is 9.97 Å². The molecule has 0 N–H and O–H groups in total. The van der Waals surface area contributed by atoms with Crippen molar-refractivity contribution in [2.75, 3.05) is 0 Å². The summed E-state index contributed by atoms with van der Waals surface area (Å²) in [5.74, 6) is -3.98.